The first kappa shape index (κ1) is 34.8. The van der Waals surface area contributed by atoms with Crippen molar-refractivity contribution in [2.75, 3.05) is 13.1 Å². The Bertz CT molecular complexity index is 903. The van der Waals surface area contributed by atoms with Gasteiger partial charge in [0.05, 0.1) is 12.1 Å². The zero-order valence-corrected chi connectivity index (χ0v) is 21.8. The van der Waals surface area contributed by atoms with Crippen molar-refractivity contribution in [3.63, 3.8) is 0 Å². The van der Waals surface area contributed by atoms with Crippen LogP contribution in [0.15, 0.2) is 9.98 Å². The summed E-state index contributed by atoms with van der Waals surface area (Å²) in [5.41, 5.74) is 31.9. The molecule has 0 rings (SSSR count). The first-order valence-electron chi connectivity index (χ1n) is 12.1. The number of carboxylic acid groups (broad SMARTS) is 1. The van der Waals surface area contributed by atoms with E-state index in [0.29, 0.717) is 6.42 Å². The van der Waals surface area contributed by atoms with Gasteiger partial charge >= 0.3 is 5.97 Å². The van der Waals surface area contributed by atoms with Gasteiger partial charge in [-0.15, -0.1) is 0 Å². The number of amides is 4. The minimum Gasteiger partial charge on any atom is -0.480 e. The number of guanidine groups is 2. The third-order valence-electron chi connectivity index (χ3n) is 5.24. The number of aliphatic hydroxyl groups excluding tert-OH is 1. The van der Waals surface area contributed by atoms with E-state index in [9.17, 15) is 34.2 Å². The summed E-state index contributed by atoms with van der Waals surface area (Å²) in [7, 11) is 0. The van der Waals surface area contributed by atoms with Crippen molar-refractivity contribution in [3.05, 3.63) is 0 Å². The number of nitrogens with one attached hydrogen (secondary N) is 3. The zero-order chi connectivity index (χ0) is 30.1. The van der Waals surface area contributed by atoms with Crippen molar-refractivity contribution in [1.82, 2.24) is 16.0 Å². The van der Waals surface area contributed by atoms with Gasteiger partial charge in [0.25, 0.3) is 0 Å². The maximum atomic E-state index is 13.0. The number of nitrogens with two attached hydrogens (primary N) is 6. The molecule has 0 aliphatic carbocycles. The summed E-state index contributed by atoms with van der Waals surface area (Å²) in [6.07, 6.45) is -1.28. The van der Waals surface area contributed by atoms with Crippen LogP contribution in [0.1, 0.15) is 45.4 Å². The highest BCUT2D eigenvalue weighted by molar-refractivity contribution is 5.94. The number of carboxylic acids is 1. The monoisotopic (exact) mass is 559 g/mol. The van der Waals surface area contributed by atoms with Crippen molar-refractivity contribution >= 4 is 41.5 Å². The van der Waals surface area contributed by atoms with Crippen LogP contribution in [0.5, 0.6) is 0 Å². The third-order valence-corrected chi connectivity index (χ3v) is 5.24. The van der Waals surface area contributed by atoms with Crippen LogP contribution in [-0.2, 0) is 24.0 Å². The predicted molar refractivity (Wildman–Crippen MR) is 141 cm³/mol. The number of hydrogen-bond acceptors (Lipinski definition) is 9. The van der Waals surface area contributed by atoms with E-state index in [1.54, 1.807) is 0 Å². The minimum absolute atomic E-state index is 0.0449. The smallest absolute Gasteiger partial charge is 0.326 e. The highest BCUT2D eigenvalue weighted by atomic mass is 16.4. The van der Waals surface area contributed by atoms with Crippen molar-refractivity contribution in [1.29, 1.82) is 0 Å². The lowest BCUT2D eigenvalue weighted by molar-refractivity contribution is -0.143. The van der Waals surface area contributed by atoms with Crippen molar-refractivity contribution in [2.24, 2.45) is 44.4 Å². The van der Waals surface area contributed by atoms with Crippen LogP contribution in [0.25, 0.3) is 0 Å². The SMILES string of the molecule is CC(O)C(NC(=O)C(CCC(N)=O)NC(=O)C(N)CCCN=C(N)N)C(=O)NC(CCCN=C(N)N)C(=O)O. The molecule has 0 spiro atoms. The molecular formula is C21H41N11O7. The molecule has 0 aromatic carbocycles. The van der Waals surface area contributed by atoms with Crippen LogP contribution in [0.2, 0.25) is 0 Å². The molecule has 0 heterocycles. The topological polar surface area (TPSA) is 343 Å². The maximum absolute atomic E-state index is 13.0. The molecule has 0 aliphatic heterocycles. The van der Waals surface area contributed by atoms with E-state index >= 15 is 0 Å². The second-order valence-corrected chi connectivity index (χ2v) is 8.70. The average Bonchev–Trinajstić information content (AvgIpc) is 2.83. The number of nitrogens with zero attached hydrogens (tertiary/aromatic N) is 2. The van der Waals surface area contributed by atoms with Crippen molar-refractivity contribution in [3.8, 4) is 0 Å². The molecule has 0 fully saturated rings. The van der Waals surface area contributed by atoms with Gasteiger partial charge in [-0.3, -0.25) is 29.2 Å². The molecule has 0 bridgehead atoms. The Hall–Kier alpha value is -4.19. The van der Waals surface area contributed by atoms with E-state index in [1.807, 2.05) is 0 Å². The van der Waals surface area contributed by atoms with Crippen LogP contribution in [-0.4, -0.2) is 95.1 Å². The summed E-state index contributed by atoms with van der Waals surface area (Å²) in [5, 5.41) is 26.4. The molecule has 0 saturated heterocycles. The van der Waals surface area contributed by atoms with Crippen LogP contribution in [0.3, 0.4) is 0 Å². The predicted octanol–water partition coefficient (Wildman–Crippen LogP) is -5.39. The second-order valence-electron chi connectivity index (χ2n) is 8.70. The molecule has 17 N–H and O–H groups in total. The highest BCUT2D eigenvalue weighted by Gasteiger charge is 2.32. The number of hydrogen-bond donors (Lipinski definition) is 11. The summed E-state index contributed by atoms with van der Waals surface area (Å²) in [6, 6.07) is -5.36. The fraction of sp³-hybridized carbons (Fsp3) is 0.667. The largest absolute Gasteiger partial charge is 0.480 e. The lowest BCUT2D eigenvalue weighted by Gasteiger charge is -2.26. The number of carbonyl (C=O) groups is 5. The Morgan fingerprint density at radius 1 is 0.744 bits per heavy atom. The minimum atomic E-state index is -1.60. The molecule has 0 aromatic heterocycles. The summed E-state index contributed by atoms with van der Waals surface area (Å²) >= 11 is 0. The molecule has 4 amide bonds. The Kier molecular flexibility index (Phi) is 16.2. The number of rotatable bonds is 19. The van der Waals surface area contributed by atoms with E-state index in [1.165, 1.54) is 6.92 Å². The summed E-state index contributed by atoms with van der Waals surface area (Å²) in [6.45, 7) is 1.55. The van der Waals surface area contributed by atoms with Gasteiger partial charge in [0.2, 0.25) is 23.6 Å². The molecule has 18 nitrogen and oxygen atoms in total. The van der Waals surface area contributed by atoms with E-state index in [2.05, 4.69) is 25.9 Å². The van der Waals surface area contributed by atoms with Crippen molar-refractivity contribution in [2.45, 2.75) is 75.7 Å². The summed E-state index contributed by atoms with van der Waals surface area (Å²) in [4.78, 5) is 68.6. The van der Waals surface area contributed by atoms with E-state index in [-0.39, 0.29) is 57.1 Å². The van der Waals surface area contributed by atoms with Gasteiger partial charge in [-0.1, -0.05) is 0 Å². The molecule has 39 heavy (non-hydrogen) atoms. The molecule has 18 heteroatoms. The Labute approximate surface area is 225 Å². The van der Waals surface area contributed by atoms with Crippen LogP contribution in [0, 0.1) is 0 Å². The van der Waals surface area contributed by atoms with Gasteiger partial charge in [0.15, 0.2) is 11.9 Å². The molecule has 5 atom stereocenters. The fourth-order valence-corrected chi connectivity index (χ4v) is 3.17. The average molecular weight is 560 g/mol. The molecule has 5 unspecified atom stereocenters. The van der Waals surface area contributed by atoms with Crippen molar-refractivity contribution < 1.29 is 34.2 Å². The molecule has 0 saturated carbocycles. The fourth-order valence-electron chi connectivity index (χ4n) is 3.17. The lowest BCUT2D eigenvalue weighted by Crippen LogP contribution is -2.59. The number of aliphatic imine (C=N–C) groups is 2. The number of primary amides is 1. The van der Waals surface area contributed by atoms with Gasteiger partial charge in [-0.25, -0.2) is 4.79 Å². The van der Waals surface area contributed by atoms with Crippen LogP contribution >= 0.6 is 0 Å². The molecular weight excluding hydrogens is 518 g/mol. The Morgan fingerprint density at radius 2 is 1.26 bits per heavy atom. The Balaban J connectivity index is 5.40. The summed E-state index contributed by atoms with van der Waals surface area (Å²) < 4.78 is 0. The first-order valence-corrected chi connectivity index (χ1v) is 12.1. The highest BCUT2D eigenvalue weighted by Crippen LogP contribution is 2.05. The molecule has 0 aliphatic rings. The lowest BCUT2D eigenvalue weighted by atomic mass is 10.1. The normalized spacial score (nSPS) is 14.4. The molecule has 222 valence electrons. The number of aliphatic hydroxyl groups is 1. The molecule has 0 aromatic rings. The van der Waals surface area contributed by atoms with Crippen LogP contribution < -0.4 is 50.4 Å². The van der Waals surface area contributed by atoms with E-state index in [4.69, 9.17) is 34.4 Å². The first-order chi connectivity index (χ1) is 18.1. The van der Waals surface area contributed by atoms with Gasteiger partial charge in [-0.05, 0) is 39.0 Å². The zero-order valence-electron chi connectivity index (χ0n) is 21.8. The third kappa shape index (κ3) is 15.6. The maximum Gasteiger partial charge on any atom is 0.326 e. The number of aliphatic carboxylic acids is 1. The van der Waals surface area contributed by atoms with E-state index < -0.39 is 59.9 Å². The number of carbonyl (C=O) groups excluding carboxylic acids is 4. The molecule has 0 radical (unpaired) electrons. The standard InChI is InChI=1S/C21H41N11O7/c1-10(33)15(18(37)31-13(19(38)39)5-3-9-29-21(26)27)32-17(36)12(6-7-14(23)34)30-16(35)11(22)4-2-8-28-20(24)25/h10-13,15,33H,2-9,22H2,1H3,(H2,23,34)(H,30,35)(H,31,37)(H,32,36)(H,38,39)(H4,24,25,28)(H4,26,27,29). The van der Waals surface area contributed by atoms with Crippen LogP contribution in [0.4, 0.5) is 0 Å². The van der Waals surface area contributed by atoms with E-state index in [0.717, 1.165) is 0 Å². The van der Waals surface area contributed by atoms with Gasteiger partial charge in [0, 0.05) is 19.5 Å². The van der Waals surface area contributed by atoms with Gasteiger partial charge in [0.1, 0.15) is 18.1 Å². The quantitative estimate of drug-likeness (QED) is 0.0401. The van der Waals surface area contributed by atoms with Gasteiger partial charge in [-0.2, -0.15) is 0 Å². The summed E-state index contributed by atoms with van der Waals surface area (Å²) in [5.74, 6) is -5.06. The van der Waals surface area contributed by atoms with Gasteiger partial charge < -0.3 is 60.6 Å². The Morgan fingerprint density at radius 3 is 1.72 bits per heavy atom. The second kappa shape index (κ2) is 18.1.